The van der Waals surface area contributed by atoms with Gasteiger partial charge in [0.2, 0.25) is 23.6 Å². The van der Waals surface area contributed by atoms with Crippen molar-refractivity contribution >= 4 is 51.4 Å². The molecule has 0 fully saturated rings. The number of hydrogen-bond acceptors (Lipinski definition) is 7. The average Bonchev–Trinajstić information content (AvgIpc) is 3.60. The number of rotatable bonds is 15. The molecule has 238 valence electrons. The van der Waals surface area contributed by atoms with Crippen molar-refractivity contribution < 1.29 is 34.2 Å². The van der Waals surface area contributed by atoms with Gasteiger partial charge in [0.05, 0.1) is 12.1 Å². The first-order chi connectivity index (χ1) is 21.4. The van der Waals surface area contributed by atoms with Gasteiger partial charge in [-0.3, -0.25) is 19.2 Å². The zero-order valence-electron chi connectivity index (χ0n) is 24.6. The van der Waals surface area contributed by atoms with Gasteiger partial charge in [-0.25, -0.2) is 4.79 Å². The Morgan fingerprint density at radius 1 is 0.778 bits per heavy atom. The molecule has 5 atom stereocenters. The Morgan fingerprint density at radius 3 is 1.82 bits per heavy atom. The van der Waals surface area contributed by atoms with Crippen molar-refractivity contribution in [3.05, 3.63) is 72.1 Å². The molecule has 0 aliphatic heterocycles. The number of fused-ring (bicyclic) bond motifs is 2. The second kappa shape index (κ2) is 14.5. The van der Waals surface area contributed by atoms with Gasteiger partial charge in [0.25, 0.3) is 0 Å². The third-order valence-electron chi connectivity index (χ3n) is 7.54. The fourth-order valence-corrected chi connectivity index (χ4v) is 5.11. The maximum atomic E-state index is 13.6. The number of carbonyl (C=O) groups excluding carboxylic acids is 4. The van der Waals surface area contributed by atoms with Crippen molar-refractivity contribution in [3.63, 3.8) is 0 Å². The number of amides is 4. The van der Waals surface area contributed by atoms with Crippen LogP contribution in [0.15, 0.2) is 60.9 Å². The standard InChI is InChI=1S/C31H37N7O7/c1-16(39)27(31(44)45)38-30(43)25(13-18-15-35-23-9-5-3-7-20(18)23)37-29(42)24(10-11-26(33)40)36-28(41)21(32)12-17-14-34-22-8-4-2-6-19(17)22/h2-9,14-16,21,24-25,27,34-35,39H,10-13,32H2,1H3,(H2,33,40)(H,36,41)(H,37,42)(H,38,43)(H,44,45). The lowest BCUT2D eigenvalue weighted by atomic mass is 10.0. The number of aromatic nitrogens is 2. The number of aliphatic carboxylic acids is 1. The van der Waals surface area contributed by atoms with Crippen LogP contribution in [0.25, 0.3) is 21.8 Å². The van der Waals surface area contributed by atoms with Crippen LogP contribution in [0, 0.1) is 0 Å². The molecule has 0 spiro atoms. The summed E-state index contributed by atoms with van der Waals surface area (Å²) in [5.74, 6) is -4.53. The van der Waals surface area contributed by atoms with E-state index in [1.54, 1.807) is 18.5 Å². The molecule has 14 nitrogen and oxygen atoms in total. The highest BCUT2D eigenvalue weighted by Crippen LogP contribution is 2.20. The van der Waals surface area contributed by atoms with Crippen LogP contribution in [0.4, 0.5) is 0 Å². The maximum Gasteiger partial charge on any atom is 0.328 e. The molecule has 4 amide bonds. The second-order valence-electron chi connectivity index (χ2n) is 10.9. The lowest BCUT2D eigenvalue weighted by Gasteiger charge is -2.25. The quantitative estimate of drug-likeness (QED) is 0.0871. The number of aliphatic hydroxyl groups excluding tert-OH is 1. The summed E-state index contributed by atoms with van der Waals surface area (Å²) >= 11 is 0. The zero-order valence-corrected chi connectivity index (χ0v) is 24.6. The summed E-state index contributed by atoms with van der Waals surface area (Å²) < 4.78 is 0. The smallest absolute Gasteiger partial charge is 0.328 e. The Kier molecular flexibility index (Phi) is 10.5. The van der Waals surface area contributed by atoms with E-state index in [2.05, 4.69) is 25.9 Å². The van der Waals surface area contributed by atoms with Crippen molar-refractivity contribution in [3.8, 4) is 0 Å². The molecule has 2 heterocycles. The highest BCUT2D eigenvalue weighted by molar-refractivity contribution is 5.95. The van der Waals surface area contributed by atoms with E-state index in [-0.39, 0.29) is 25.7 Å². The van der Waals surface area contributed by atoms with Gasteiger partial charge in [0, 0.05) is 47.0 Å². The Morgan fingerprint density at radius 2 is 1.29 bits per heavy atom. The molecule has 11 N–H and O–H groups in total. The highest BCUT2D eigenvalue weighted by Gasteiger charge is 2.32. The first kappa shape index (κ1) is 32.7. The van der Waals surface area contributed by atoms with E-state index in [4.69, 9.17) is 11.5 Å². The maximum absolute atomic E-state index is 13.6. The summed E-state index contributed by atoms with van der Waals surface area (Å²) in [6, 6.07) is 9.45. The van der Waals surface area contributed by atoms with Crippen LogP contribution in [0.5, 0.6) is 0 Å². The average molecular weight is 620 g/mol. The van der Waals surface area contributed by atoms with Crippen LogP contribution >= 0.6 is 0 Å². The number of hydrogen-bond donors (Lipinski definition) is 9. The highest BCUT2D eigenvalue weighted by atomic mass is 16.4. The number of nitrogens with one attached hydrogen (secondary N) is 5. The van der Waals surface area contributed by atoms with E-state index in [0.29, 0.717) is 5.56 Å². The predicted octanol–water partition coefficient (Wildman–Crippen LogP) is -0.0530. The molecule has 4 aromatic rings. The third-order valence-corrected chi connectivity index (χ3v) is 7.54. The first-order valence-corrected chi connectivity index (χ1v) is 14.4. The third kappa shape index (κ3) is 8.25. The first-order valence-electron chi connectivity index (χ1n) is 14.4. The minimum absolute atomic E-state index is 0.0652. The molecule has 0 aliphatic rings. The van der Waals surface area contributed by atoms with Gasteiger partial charge in [-0.05, 0) is 43.0 Å². The number of aromatic amines is 2. The Hall–Kier alpha value is -5.21. The summed E-state index contributed by atoms with van der Waals surface area (Å²) in [6.07, 6.45) is 1.64. The van der Waals surface area contributed by atoms with Crippen LogP contribution in [0.2, 0.25) is 0 Å². The van der Waals surface area contributed by atoms with Crippen molar-refractivity contribution in [2.45, 2.75) is 62.9 Å². The summed E-state index contributed by atoms with van der Waals surface area (Å²) in [7, 11) is 0. The fraction of sp³-hybridized carbons (Fsp3) is 0.323. The summed E-state index contributed by atoms with van der Waals surface area (Å²) in [4.78, 5) is 69.6. The van der Waals surface area contributed by atoms with E-state index < -0.39 is 59.9 Å². The van der Waals surface area contributed by atoms with E-state index in [9.17, 15) is 34.2 Å². The number of H-pyrrole nitrogens is 2. The zero-order chi connectivity index (χ0) is 32.7. The molecule has 0 radical (unpaired) electrons. The van der Waals surface area contributed by atoms with E-state index in [1.165, 1.54) is 6.92 Å². The van der Waals surface area contributed by atoms with E-state index in [1.807, 2.05) is 42.5 Å². The van der Waals surface area contributed by atoms with Crippen molar-refractivity contribution in [1.82, 2.24) is 25.9 Å². The summed E-state index contributed by atoms with van der Waals surface area (Å²) in [5, 5.41) is 28.5. The Bertz CT molecular complexity index is 1700. The second-order valence-corrected chi connectivity index (χ2v) is 10.9. The molecule has 14 heteroatoms. The van der Waals surface area contributed by atoms with E-state index >= 15 is 0 Å². The van der Waals surface area contributed by atoms with Crippen molar-refractivity contribution in [1.29, 1.82) is 0 Å². The molecule has 2 aromatic carbocycles. The number of benzene rings is 2. The number of nitrogens with two attached hydrogens (primary N) is 2. The van der Waals surface area contributed by atoms with Crippen LogP contribution in [0.3, 0.4) is 0 Å². The molecule has 0 saturated carbocycles. The Balaban J connectivity index is 1.54. The normalized spacial score (nSPS) is 14.6. The molecule has 5 unspecified atom stereocenters. The molecule has 0 saturated heterocycles. The van der Waals surface area contributed by atoms with Gasteiger partial charge >= 0.3 is 5.97 Å². The van der Waals surface area contributed by atoms with Crippen molar-refractivity contribution in [2.75, 3.05) is 0 Å². The number of carbonyl (C=O) groups is 5. The van der Waals surface area contributed by atoms with Crippen LogP contribution < -0.4 is 27.4 Å². The van der Waals surface area contributed by atoms with Gasteiger partial charge in [0.1, 0.15) is 12.1 Å². The van der Waals surface area contributed by atoms with Crippen LogP contribution in [0.1, 0.15) is 30.9 Å². The molecular formula is C31H37N7O7. The number of primary amides is 1. The molecule has 45 heavy (non-hydrogen) atoms. The number of para-hydroxylation sites is 2. The molecule has 0 aliphatic carbocycles. The number of carboxylic acid groups (broad SMARTS) is 1. The largest absolute Gasteiger partial charge is 0.480 e. The molecular weight excluding hydrogens is 582 g/mol. The van der Waals surface area contributed by atoms with Gasteiger partial charge in [-0.2, -0.15) is 0 Å². The monoisotopic (exact) mass is 619 g/mol. The summed E-state index contributed by atoms with van der Waals surface area (Å²) in [6.45, 7) is 1.21. The topological polar surface area (TPSA) is 246 Å². The minimum Gasteiger partial charge on any atom is -0.480 e. The number of aliphatic hydroxyl groups is 1. The lowest BCUT2D eigenvalue weighted by Crippen LogP contribution is -2.59. The predicted molar refractivity (Wildman–Crippen MR) is 166 cm³/mol. The lowest BCUT2D eigenvalue weighted by molar-refractivity contribution is -0.145. The van der Waals surface area contributed by atoms with Crippen LogP contribution in [-0.4, -0.2) is 80.1 Å². The molecule has 4 rings (SSSR count). The van der Waals surface area contributed by atoms with Crippen LogP contribution in [-0.2, 0) is 36.8 Å². The molecule has 0 bridgehead atoms. The fourth-order valence-electron chi connectivity index (χ4n) is 5.11. The minimum atomic E-state index is -1.65. The molecule has 2 aromatic heterocycles. The van der Waals surface area contributed by atoms with Gasteiger partial charge in [-0.1, -0.05) is 36.4 Å². The van der Waals surface area contributed by atoms with Gasteiger partial charge < -0.3 is 47.6 Å². The SMILES string of the molecule is CC(O)C(NC(=O)C(Cc1c[nH]c2ccccc12)NC(=O)C(CCC(N)=O)NC(=O)C(N)Cc1c[nH]c2ccccc12)C(=O)O. The van der Waals surface area contributed by atoms with E-state index in [0.717, 1.165) is 27.4 Å². The number of carboxylic acids is 1. The Labute approximate surface area is 257 Å². The van der Waals surface area contributed by atoms with Gasteiger partial charge in [0.15, 0.2) is 6.04 Å². The van der Waals surface area contributed by atoms with Crippen molar-refractivity contribution in [2.24, 2.45) is 11.5 Å². The summed E-state index contributed by atoms with van der Waals surface area (Å²) in [5.41, 5.74) is 14.6. The van der Waals surface area contributed by atoms with Gasteiger partial charge in [-0.15, -0.1) is 0 Å².